The van der Waals surface area contributed by atoms with Gasteiger partial charge in [-0.1, -0.05) is 6.92 Å². The van der Waals surface area contributed by atoms with Crippen LogP contribution in [0.4, 0.5) is 0 Å². The number of benzene rings is 1. The first kappa shape index (κ1) is 20.9. The number of methoxy groups -OCH3 is 1. The van der Waals surface area contributed by atoms with Gasteiger partial charge in [0.2, 0.25) is 4.77 Å². The average Bonchev–Trinajstić information content (AvgIpc) is 2.92. The minimum absolute atomic E-state index is 0.0277. The summed E-state index contributed by atoms with van der Waals surface area (Å²) in [7, 11) is 5.43. The van der Waals surface area contributed by atoms with Crippen molar-refractivity contribution in [1.82, 2.24) is 19.7 Å². The Morgan fingerprint density at radius 2 is 1.96 bits per heavy atom. The molecule has 2 N–H and O–H groups in total. The number of carbonyl (C=O) groups excluding carboxylic acids is 1. The second kappa shape index (κ2) is 10.1. The van der Waals surface area contributed by atoms with Crippen molar-refractivity contribution in [2.75, 3.05) is 27.2 Å². The van der Waals surface area contributed by atoms with Crippen LogP contribution in [0.3, 0.4) is 0 Å². The molecule has 8 nitrogen and oxygen atoms in total. The summed E-state index contributed by atoms with van der Waals surface area (Å²) >= 11 is 5.46. The maximum absolute atomic E-state index is 11.8. The van der Waals surface area contributed by atoms with Crippen LogP contribution in [0, 0.1) is 4.77 Å². The molecule has 1 aromatic heterocycles. The third-order valence-corrected chi connectivity index (χ3v) is 4.50. The molecule has 2 aromatic rings. The zero-order valence-electron chi connectivity index (χ0n) is 16.3. The van der Waals surface area contributed by atoms with E-state index in [4.69, 9.17) is 21.7 Å². The summed E-state index contributed by atoms with van der Waals surface area (Å²) in [6.07, 6.45) is 0.924. The lowest BCUT2D eigenvalue weighted by Gasteiger charge is -2.13. The summed E-state index contributed by atoms with van der Waals surface area (Å²) in [5.41, 5.74) is 0. The quantitative estimate of drug-likeness (QED) is 0.576. The zero-order chi connectivity index (χ0) is 19.8. The molecule has 0 saturated heterocycles. The Morgan fingerprint density at radius 1 is 1.30 bits per heavy atom. The number of hydrogen-bond donors (Lipinski definition) is 2. The van der Waals surface area contributed by atoms with E-state index in [9.17, 15) is 4.79 Å². The van der Waals surface area contributed by atoms with Crippen LogP contribution in [0.5, 0.6) is 11.5 Å². The fourth-order valence-corrected chi connectivity index (χ4v) is 2.70. The Labute approximate surface area is 164 Å². The lowest BCUT2D eigenvalue weighted by atomic mass is 10.3. The molecule has 0 radical (unpaired) electrons. The van der Waals surface area contributed by atoms with Gasteiger partial charge < -0.3 is 24.3 Å². The SMILES string of the molecule is CCCNC(=O)C[NH+](C)Cn1nc(COc2ccc(OC)cc2)n(C)c1=S. The van der Waals surface area contributed by atoms with Crippen molar-refractivity contribution in [3.63, 3.8) is 0 Å². The van der Waals surface area contributed by atoms with Crippen LogP contribution in [-0.2, 0) is 25.1 Å². The van der Waals surface area contributed by atoms with Crippen molar-refractivity contribution in [3.05, 3.63) is 34.9 Å². The number of rotatable bonds is 10. The Morgan fingerprint density at radius 3 is 2.59 bits per heavy atom. The molecule has 0 spiro atoms. The lowest BCUT2D eigenvalue weighted by Crippen LogP contribution is -3.09. The van der Waals surface area contributed by atoms with Crippen molar-refractivity contribution in [2.24, 2.45) is 7.05 Å². The molecule has 0 fully saturated rings. The molecular formula is C18H28N5O3S+. The minimum atomic E-state index is 0.0277. The molecule has 1 atom stereocenters. The number of nitrogens with zero attached hydrogens (tertiary/aromatic N) is 3. The van der Waals surface area contributed by atoms with Crippen molar-refractivity contribution >= 4 is 18.1 Å². The van der Waals surface area contributed by atoms with Crippen LogP contribution in [0.15, 0.2) is 24.3 Å². The van der Waals surface area contributed by atoms with E-state index in [2.05, 4.69) is 10.4 Å². The fourth-order valence-electron chi connectivity index (χ4n) is 2.49. The number of ether oxygens (including phenoxy) is 2. The van der Waals surface area contributed by atoms with Crippen LogP contribution < -0.4 is 19.7 Å². The van der Waals surface area contributed by atoms with Gasteiger partial charge in [0, 0.05) is 13.6 Å². The topological polar surface area (TPSA) is 74.8 Å². The van der Waals surface area contributed by atoms with Crippen LogP contribution in [0.25, 0.3) is 0 Å². The minimum Gasteiger partial charge on any atom is -0.497 e. The lowest BCUT2D eigenvalue weighted by molar-refractivity contribution is -0.895. The first-order valence-electron chi connectivity index (χ1n) is 8.92. The highest BCUT2D eigenvalue weighted by molar-refractivity contribution is 7.71. The van der Waals surface area contributed by atoms with E-state index >= 15 is 0 Å². The highest BCUT2D eigenvalue weighted by atomic mass is 32.1. The summed E-state index contributed by atoms with van der Waals surface area (Å²) in [5, 5.41) is 7.42. The van der Waals surface area contributed by atoms with Gasteiger partial charge in [-0.3, -0.25) is 4.79 Å². The van der Waals surface area contributed by atoms with Gasteiger partial charge in [-0.25, -0.2) is 0 Å². The number of likely N-dealkylation sites (N-methyl/N-ethyl adjacent to an activating group) is 1. The largest absolute Gasteiger partial charge is 0.497 e. The van der Waals surface area contributed by atoms with E-state index < -0.39 is 0 Å². The number of hydrogen-bond acceptors (Lipinski definition) is 5. The van der Waals surface area contributed by atoms with Crippen LogP contribution >= 0.6 is 12.2 Å². The summed E-state index contributed by atoms with van der Waals surface area (Å²) < 4.78 is 15.1. The molecule has 27 heavy (non-hydrogen) atoms. The fraction of sp³-hybridized carbons (Fsp3) is 0.500. The molecule has 0 aliphatic heterocycles. The van der Waals surface area contributed by atoms with Gasteiger partial charge in [-0.15, -0.1) is 5.10 Å². The van der Waals surface area contributed by atoms with Gasteiger partial charge in [0.25, 0.3) is 5.91 Å². The predicted octanol–water partition coefficient (Wildman–Crippen LogP) is 0.537. The second-order valence-corrected chi connectivity index (χ2v) is 6.73. The van der Waals surface area contributed by atoms with Gasteiger partial charge >= 0.3 is 0 Å². The van der Waals surface area contributed by atoms with Gasteiger partial charge in [-0.05, 0) is 42.9 Å². The Hall–Kier alpha value is -2.39. The van der Waals surface area contributed by atoms with Crippen molar-refractivity contribution in [2.45, 2.75) is 26.6 Å². The highest BCUT2D eigenvalue weighted by Crippen LogP contribution is 2.17. The Kier molecular flexibility index (Phi) is 7.81. The molecule has 0 aliphatic rings. The normalized spacial score (nSPS) is 11.9. The Bertz CT molecular complexity index is 800. The first-order chi connectivity index (χ1) is 12.9. The standard InChI is InChI=1S/C18H27N5O3S/c1-5-10-19-17(24)11-21(2)13-23-18(27)22(3)16(20-23)12-26-15-8-6-14(25-4)7-9-15/h6-9H,5,10-13H2,1-4H3,(H,19,24)/p+1. The number of amides is 1. The molecule has 0 aliphatic carbocycles. The Balaban J connectivity index is 1.95. The van der Waals surface area contributed by atoms with E-state index in [1.807, 2.05) is 49.9 Å². The van der Waals surface area contributed by atoms with E-state index in [0.29, 0.717) is 31.1 Å². The molecule has 2 rings (SSSR count). The first-order valence-corrected chi connectivity index (χ1v) is 9.33. The van der Waals surface area contributed by atoms with E-state index in [0.717, 1.165) is 28.6 Å². The van der Waals surface area contributed by atoms with E-state index in [-0.39, 0.29) is 5.91 Å². The molecule has 9 heteroatoms. The summed E-state index contributed by atoms with van der Waals surface area (Å²) in [6, 6.07) is 7.37. The van der Waals surface area contributed by atoms with Gasteiger partial charge in [-0.2, -0.15) is 4.68 Å². The molecule has 148 valence electrons. The maximum atomic E-state index is 11.8. The average molecular weight is 395 g/mol. The van der Waals surface area contributed by atoms with Crippen LogP contribution in [0.1, 0.15) is 19.2 Å². The summed E-state index contributed by atoms with van der Waals surface area (Å²) in [4.78, 5) is 12.8. The number of aromatic nitrogens is 3. The monoisotopic (exact) mass is 394 g/mol. The molecule has 1 amide bonds. The number of nitrogens with one attached hydrogen (secondary N) is 2. The van der Waals surface area contributed by atoms with Gasteiger partial charge in [0.1, 0.15) is 18.1 Å². The molecule has 0 saturated carbocycles. The molecular weight excluding hydrogens is 366 g/mol. The summed E-state index contributed by atoms with van der Waals surface area (Å²) in [6.45, 7) is 3.90. The zero-order valence-corrected chi connectivity index (χ0v) is 17.1. The third kappa shape index (κ3) is 6.07. The van der Waals surface area contributed by atoms with Crippen molar-refractivity contribution in [3.8, 4) is 11.5 Å². The molecule has 1 unspecified atom stereocenters. The van der Waals surface area contributed by atoms with Crippen LogP contribution in [-0.4, -0.2) is 47.5 Å². The van der Waals surface area contributed by atoms with Gasteiger partial charge in [0.05, 0.1) is 14.2 Å². The second-order valence-electron chi connectivity index (χ2n) is 6.36. The molecule has 1 heterocycles. The van der Waals surface area contributed by atoms with Gasteiger partial charge in [0.15, 0.2) is 19.0 Å². The number of carbonyl (C=O) groups is 1. The van der Waals surface area contributed by atoms with E-state index in [1.54, 1.807) is 11.8 Å². The molecule has 0 bridgehead atoms. The highest BCUT2D eigenvalue weighted by Gasteiger charge is 2.14. The van der Waals surface area contributed by atoms with Crippen molar-refractivity contribution < 1.29 is 19.2 Å². The maximum Gasteiger partial charge on any atom is 0.275 e. The van der Waals surface area contributed by atoms with E-state index in [1.165, 1.54) is 0 Å². The smallest absolute Gasteiger partial charge is 0.275 e. The predicted molar refractivity (Wildman–Crippen MR) is 104 cm³/mol. The van der Waals surface area contributed by atoms with Crippen molar-refractivity contribution in [1.29, 1.82) is 0 Å². The van der Waals surface area contributed by atoms with Crippen LogP contribution in [0.2, 0.25) is 0 Å². The summed E-state index contributed by atoms with van der Waals surface area (Å²) in [5.74, 6) is 2.25. The number of quaternary nitrogens is 1. The third-order valence-electron chi connectivity index (χ3n) is 4.01. The molecule has 1 aromatic carbocycles.